The van der Waals surface area contributed by atoms with Gasteiger partial charge in [-0.15, -0.1) is 0 Å². The summed E-state index contributed by atoms with van der Waals surface area (Å²) in [5.74, 6) is 0. The van der Waals surface area contributed by atoms with Gasteiger partial charge in [-0.25, -0.2) is 25.3 Å². The van der Waals surface area contributed by atoms with E-state index in [0.29, 0.717) is 15.9 Å². The molecule has 0 saturated carbocycles. The fourth-order valence-electron chi connectivity index (χ4n) is 5.08. The van der Waals surface area contributed by atoms with Crippen molar-refractivity contribution in [3.05, 3.63) is 117 Å². The van der Waals surface area contributed by atoms with Gasteiger partial charge in [-0.3, -0.25) is 4.98 Å². The number of fused-ring (bicyclic) bond motifs is 2. The second kappa shape index (κ2) is 13.6. The molecule has 1 aliphatic rings. The first kappa shape index (κ1) is 34.4. The Morgan fingerprint density at radius 2 is 0.783 bits per heavy atom. The molecule has 0 unspecified atom stereocenters. The van der Waals surface area contributed by atoms with Gasteiger partial charge in [0.2, 0.25) is 30.1 Å². The van der Waals surface area contributed by atoms with Crippen LogP contribution in [0.1, 0.15) is 28.1 Å². The maximum absolute atomic E-state index is 14.0. The minimum absolute atomic E-state index is 0.0295. The predicted molar refractivity (Wildman–Crippen MR) is 179 cm³/mol. The highest BCUT2D eigenvalue weighted by atomic mass is 79.9. The van der Waals surface area contributed by atoms with Gasteiger partial charge in [-0.2, -0.15) is 12.9 Å². The first-order valence-corrected chi connectivity index (χ1v) is 19.6. The highest BCUT2D eigenvalue weighted by Crippen LogP contribution is 2.25. The summed E-state index contributed by atoms with van der Waals surface area (Å²) in [6.07, 6.45) is 0. The Balaban J connectivity index is 1.61. The fourth-order valence-corrected chi connectivity index (χ4v) is 9.83. The van der Waals surface area contributed by atoms with E-state index in [2.05, 4.69) is 20.9 Å². The summed E-state index contributed by atoms with van der Waals surface area (Å²) in [6.45, 7) is 4.39. The number of hydrogen-bond acceptors (Lipinski definition) is 7. The third kappa shape index (κ3) is 7.59. The molecule has 1 aliphatic heterocycles. The van der Waals surface area contributed by atoms with Crippen LogP contribution in [-0.4, -0.2) is 69.3 Å². The second-order valence-corrected chi connectivity index (χ2v) is 18.0. The van der Waals surface area contributed by atoms with Gasteiger partial charge >= 0.3 is 0 Å². The lowest BCUT2D eigenvalue weighted by molar-refractivity contribution is 0.305. The van der Waals surface area contributed by atoms with E-state index in [1.807, 2.05) is 20.8 Å². The van der Waals surface area contributed by atoms with Crippen LogP contribution < -0.4 is 0 Å². The second-order valence-electron chi connectivity index (χ2n) is 11.3. The maximum atomic E-state index is 14.0. The molecule has 0 atom stereocenters. The van der Waals surface area contributed by atoms with Crippen molar-refractivity contribution < 1.29 is 25.3 Å². The van der Waals surface area contributed by atoms with Gasteiger partial charge < -0.3 is 0 Å². The Bertz CT molecular complexity index is 1930. The number of rotatable bonds is 6. The number of sulfonamides is 3. The molecule has 2 heterocycles. The van der Waals surface area contributed by atoms with Crippen molar-refractivity contribution >= 4 is 46.0 Å². The van der Waals surface area contributed by atoms with E-state index in [-0.39, 0.29) is 54.0 Å². The van der Waals surface area contributed by atoms with Crippen LogP contribution in [0.15, 0.2) is 104 Å². The van der Waals surface area contributed by atoms with Gasteiger partial charge in [-0.1, -0.05) is 69.0 Å². The number of hydrogen-bond donors (Lipinski definition) is 0. The van der Waals surface area contributed by atoms with Crippen molar-refractivity contribution in [2.45, 2.75) is 48.5 Å². The monoisotopic (exact) mass is 746 g/mol. The highest BCUT2D eigenvalue weighted by Gasteiger charge is 2.33. The maximum Gasteiger partial charge on any atom is 0.243 e. The van der Waals surface area contributed by atoms with Crippen molar-refractivity contribution in [2.75, 3.05) is 26.2 Å². The topological polar surface area (TPSA) is 125 Å². The molecule has 244 valence electrons. The third-order valence-electron chi connectivity index (χ3n) is 7.75. The molecule has 46 heavy (non-hydrogen) atoms. The standard InChI is InChI=1S/C32H35BrN4O6S3/c1-24-4-10-30(11-5-24)44(38,39)35-16-18-36(45(40,41)31-12-6-25(2)7-13-31)22-28-20-27(33)21-29(34-28)23-37(19-17-35)46(42,43)32-14-8-26(3)9-15-32/h4-15,20-21H,16-19,22-23H2,1-3H3. The van der Waals surface area contributed by atoms with Gasteiger partial charge in [0, 0.05) is 30.7 Å². The Morgan fingerprint density at radius 3 is 1.11 bits per heavy atom. The SMILES string of the molecule is Cc1ccc(S(=O)(=O)N2CCN(S(=O)(=O)c3ccc(C)cc3)Cc3cc(Br)cc(n3)CN(S(=O)(=O)c3ccc(C)cc3)CC2)cc1. The average Bonchev–Trinajstić information content (AvgIpc) is 2.99. The molecule has 0 saturated heterocycles. The number of benzene rings is 3. The van der Waals surface area contributed by atoms with Crippen molar-refractivity contribution in [2.24, 2.45) is 0 Å². The van der Waals surface area contributed by atoms with Crippen LogP contribution in [0.4, 0.5) is 0 Å². The van der Waals surface area contributed by atoms with E-state index in [1.54, 1.807) is 48.5 Å². The third-order valence-corrected chi connectivity index (χ3v) is 13.8. The number of pyridine rings is 1. The van der Waals surface area contributed by atoms with E-state index in [9.17, 15) is 25.3 Å². The summed E-state index contributed by atoms with van der Waals surface area (Å²) in [5.41, 5.74) is 3.42. The van der Waals surface area contributed by atoms with Crippen LogP contribution in [-0.2, 0) is 43.2 Å². The normalized spacial score (nSPS) is 16.4. The zero-order valence-corrected chi connectivity index (χ0v) is 29.7. The molecular weight excluding hydrogens is 712 g/mol. The summed E-state index contributed by atoms with van der Waals surface area (Å²) in [5, 5.41) is 0. The average molecular weight is 748 g/mol. The van der Waals surface area contributed by atoms with E-state index in [1.165, 1.54) is 45.0 Å². The van der Waals surface area contributed by atoms with Gasteiger partial charge in [-0.05, 0) is 69.3 Å². The minimum Gasteiger partial charge on any atom is -0.255 e. The fraction of sp³-hybridized carbons (Fsp3) is 0.281. The molecule has 0 amide bonds. The molecule has 0 fully saturated rings. The molecule has 0 N–H and O–H groups in total. The van der Waals surface area contributed by atoms with E-state index < -0.39 is 30.1 Å². The first-order chi connectivity index (χ1) is 21.7. The molecule has 10 nitrogen and oxygen atoms in total. The summed E-state index contributed by atoms with van der Waals surface area (Å²) in [4.78, 5) is 4.83. The van der Waals surface area contributed by atoms with Crippen molar-refractivity contribution in [3.63, 3.8) is 0 Å². The van der Waals surface area contributed by atoms with Crippen LogP contribution >= 0.6 is 15.9 Å². The van der Waals surface area contributed by atoms with Crippen molar-refractivity contribution in [1.82, 2.24) is 17.9 Å². The molecular formula is C32H35BrN4O6S3. The van der Waals surface area contributed by atoms with Crippen LogP contribution in [0.2, 0.25) is 0 Å². The molecule has 0 spiro atoms. The predicted octanol–water partition coefficient (Wildman–Crippen LogP) is 4.86. The van der Waals surface area contributed by atoms with Crippen LogP contribution in [0.3, 0.4) is 0 Å². The number of aryl methyl sites for hydroxylation is 3. The first-order valence-electron chi connectivity index (χ1n) is 14.5. The molecule has 0 radical (unpaired) electrons. The van der Waals surface area contributed by atoms with Gasteiger partial charge in [0.1, 0.15) is 0 Å². The zero-order chi connectivity index (χ0) is 33.3. The number of nitrogens with zero attached hydrogens (tertiary/aromatic N) is 4. The summed E-state index contributed by atoms with van der Waals surface area (Å²) in [7, 11) is -12.3. The summed E-state index contributed by atoms with van der Waals surface area (Å²) < 4.78 is 88.1. The van der Waals surface area contributed by atoms with Crippen molar-refractivity contribution in [1.29, 1.82) is 0 Å². The zero-order valence-electron chi connectivity index (χ0n) is 25.7. The largest absolute Gasteiger partial charge is 0.255 e. The van der Waals surface area contributed by atoms with Crippen molar-refractivity contribution in [3.8, 4) is 0 Å². The molecule has 1 aromatic heterocycles. The number of halogens is 1. The van der Waals surface area contributed by atoms with Gasteiger partial charge in [0.15, 0.2) is 0 Å². The van der Waals surface area contributed by atoms with E-state index >= 15 is 0 Å². The van der Waals surface area contributed by atoms with Gasteiger partial charge in [0.05, 0.1) is 39.2 Å². The minimum atomic E-state index is -4.15. The Kier molecular flexibility index (Phi) is 10.2. The highest BCUT2D eigenvalue weighted by molar-refractivity contribution is 9.10. The van der Waals surface area contributed by atoms with Gasteiger partial charge in [0.25, 0.3) is 0 Å². The number of aromatic nitrogens is 1. The Labute approximate surface area is 280 Å². The molecule has 14 heteroatoms. The molecule has 5 rings (SSSR count). The van der Waals surface area contributed by atoms with E-state index in [0.717, 1.165) is 21.0 Å². The summed E-state index contributed by atoms with van der Waals surface area (Å²) in [6, 6.07) is 22.6. The lowest BCUT2D eigenvalue weighted by Gasteiger charge is -2.30. The van der Waals surface area contributed by atoms with Crippen LogP contribution in [0.5, 0.6) is 0 Å². The van der Waals surface area contributed by atoms with E-state index in [4.69, 9.17) is 0 Å². The lowest BCUT2D eigenvalue weighted by atomic mass is 10.2. The Morgan fingerprint density at radius 1 is 0.500 bits per heavy atom. The molecule has 4 aromatic rings. The van der Waals surface area contributed by atoms with Crippen LogP contribution in [0.25, 0.3) is 0 Å². The lowest BCUT2D eigenvalue weighted by Crippen LogP contribution is -2.45. The molecule has 2 bridgehead atoms. The Hall–Kier alpha value is -2.98. The smallest absolute Gasteiger partial charge is 0.243 e. The molecule has 0 aliphatic carbocycles. The molecule has 3 aromatic carbocycles. The summed E-state index contributed by atoms with van der Waals surface area (Å²) >= 11 is 3.48. The quantitative estimate of drug-likeness (QED) is 0.276. The van der Waals surface area contributed by atoms with Crippen LogP contribution in [0, 0.1) is 20.8 Å².